The van der Waals surface area contributed by atoms with E-state index in [0.29, 0.717) is 0 Å². The predicted molar refractivity (Wildman–Crippen MR) is 132 cm³/mol. The summed E-state index contributed by atoms with van der Waals surface area (Å²) in [5, 5.41) is 17.6. The van der Waals surface area contributed by atoms with E-state index >= 15 is 0 Å². The van der Waals surface area contributed by atoms with Crippen LogP contribution < -0.4 is 10.6 Å². The first kappa shape index (κ1) is 23.1. The summed E-state index contributed by atoms with van der Waals surface area (Å²) in [6.07, 6.45) is 6.65. The van der Waals surface area contributed by atoms with Crippen LogP contribution in [0.4, 0.5) is 17.1 Å². The molecular formula is C26H23N3O4. The predicted octanol–water partition coefficient (Wildman–Crippen LogP) is 5.85. The smallest absolute Gasteiger partial charge is 0.287 e. The van der Waals surface area contributed by atoms with Gasteiger partial charge in [0.15, 0.2) is 0 Å². The second-order valence-corrected chi connectivity index (χ2v) is 7.26. The van der Waals surface area contributed by atoms with E-state index in [9.17, 15) is 19.7 Å². The number of hydrogen-bond donors (Lipinski definition) is 2. The lowest BCUT2D eigenvalue weighted by molar-refractivity contribution is -0.385. The number of nitro groups is 1. The number of anilines is 2. The molecule has 2 N–H and O–H groups in total. The van der Waals surface area contributed by atoms with Gasteiger partial charge in [-0.15, -0.1) is 0 Å². The van der Waals surface area contributed by atoms with Crippen LogP contribution in [0.25, 0.3) is 24.3 Å². The number of nitro benzene ring substituents is 1. The number of carbonyl (C=O) groups is 2. The average Bonchev–Trinajstić information content (AvgIpc) is 2.77. The summed E-state index contributed by atoms with van der Waals surface area (Å²) in [5.74, 6) is -0.778. The Labute approximate surface area is 191 Å². The van der Waals surface area contributed by atoms with Crippen molar-refractivity contribution >= 4 is 53.2 Å². The molecule has 0 heterocycles. The number of nitrogens with one attached hydrogen (secondary N) is 2. The maximum absolute atomic E-state index is 12.3. The van der Waals surface area contributed by atoms with Crippen LogP contribution in [0.15, 0.2) is 66.7 Å². The van der Waals surface area contributed by atoms with E-state index in [4.69, 9.17) is 0 Å². The Hall–Kier alpha value is -4.52. The fourth-order valence-electron chi connectivity index (χ4n) is 3.31. The van der Waals surface area contributed by atoms with Crippen LogP contribution in [0.3, 0.4) is 0 Å². The third-order valence-corrected chi connectivity index (χ3v) is 4.67. The zero-order chi connectivity index (χ0) is 23.8. The lowest BCUT2D eigenvalue weighted by Crippen LogP contribution is -2.13. The summed E-state index contributed by atoms with van der Waals surface area (Å²) < 4.78 is 0. The zero-order valence-corrected chi connectivity index (χ0v) is 18.2. The monoisotopic (exact) mass is 441 g/mol. The summed E-state index contributed by atoms with van der Waals surface area (Å²) in [5.41, 5.74) is 2.34. The van der Waals surface area contributed by atoms with Crippen LogP contribution in [-0.2, 0) is 9.59 Å². The minimum Gasteiger partial charge on any atom is -0.325 e. The lowest BCUT2D eigenvalue weighted by atomic mass is 9.99. The van der Waals surface area contributed by atoms with Crippen molar-refractivity contribution in [2.75, 3.05) is 10.6 Å². The Morgan fingerprint density at radius 1 is 0.727 bits per heavy atom. The van der Waals surface area contributed by atoms with Gasteiger partial charge >= 0.3 is 0 Å². The Balaban J connectivity index is 2.27. The number of benzene rings is 3. The third-order valence-electron chi connectivity index (χ3n) is 4.67. The Morgan fingerprint density at radius 3 is 1.45 bits per heavy atom. The van der Waals surface area contributed by atoms with Crippen molar-refractivity contribution in [1.82, 2.24) is 0 Å². The highest BCUT2D eigenvalue weighted by molar-refractivity contribution is 6.01. The molecule has 2 amide bonds. The van der Waals surface area contributed by atoms with E-state index in [-0.39, 0.29) is 40.0 Å². The molecule has 7 heteroatoms. The first-order valence-corrected chi connectivity index (χ1v) is 10.2. The van der Waals surface area contributed by atoms with Gasteiger partial charge in [0.2, 0.25) is 11.8 Å². The van der Waals surface area contributed by atoms with Gasteiger partial charge in [-0.2, -0.15) is 0 Å². The van der Waals surface area contributed by atoms with Crippen LogP contribution in [0.2, 0.25) is 0 Å². The molecule has 3 aromatic carbocycles. The van der Waals surface area contributed by atoms with Gasteiger partial charge in [-0.3, -0.25) is 19.7 Å². The van der Waals surface area contributed by atoms with E-state index in [2.05, 4.69) is 10.6 Å². The van der Waals surface area contributed by atoms with Gasteiger partial charge in [-0.05, 0) is 29.3 Å². The average molecular weight is 441 g/mol. The van der Waals surface area contributed by atoms with E-state index in [1.807, 2.05) is 60.7 Å². The molecule has 166 valence electrons. The summed E-state index contributed by atoms with van der Waals surface area (Å²) in [6, 6.07) is 20.2. The van der Waals surface area contributed by atoms with Crippen molar-refractivity contribution in [3.63, 3.8) is 0 Å². The van der Waals surface area contributed by atoms with Gasteiger partial charge in [-0.1, -0.05) is 72.8 Å². The number of carbonyl (C=O) groups excluding carboxylic acids is 2. The molecule has 0 aromatic heterocycles. The van der Waals surface area contributed by atoms with Crippen molar-refractivity contribution in [3.05, 3.63) is 99.1 Å². The molecule has 0 aliphatic carbocycles. The standard InChI is InChI=1S/C26H23N3O4/c1-18(30)27-24-17-25(28-19(2)31)23(16-14-21-11-7-4-8-12-21)26(29(32)33)22(24)15-13-20-9-5-3-6-10-20/h3-17H,1-2H3,(H,27,30)(H,28,31). The minimum atomic E-state index is -0.508. The molecule has 0 spiro atoms. The molecule has 0 fully saturated rings. The summed E-state index contributed by atoms with van der Waals surface area (Å²) in [4.78, 5) is 35.4. The third kappa shape index (κ3) is 6.24. The van der Waals surface area contributed by atoms with Gasteiger partial charge in [-0.25, -0.2) is 0 Å². The molecule has 0 bridgehead atoms. The van der Waals surface area contributed by atoms with E-state index in [1.165, 1.54) is 19.9 Å². The molecule has 3 aromatic rings. The molecule has 0 aliphatic rings. The second kappa shape index (κ2) is 10.7. The van der Waals surface area contributed by atoms with Gasteiger partial charge < -0.3 is 10.6 Å². The fraction of sp³-hybridized carbons (Fsp3) is 0.0769. The lowest BCUT2D eigenvalue weighted by Gasteiger charge is -2.15. The maximum Gasteiger partial charge on any atom is 0.287 e. The molecule has 3 rings (SSSR count). The first-order chi connectivity index (χ1) is 15.8. The van der Waals surface area contributed by atoms with Crippen molar-refractivity contribution in [2.45, 2.75) is 13.8 Å². The molecule has 7 nitrogen and oxygen atoms in total. The normalized spacial score (nSPS) is 11.0. The highest BCUT2D eigenvalue weighted by atomic mass is 16.6. The summed E-state index contributed by atoms with van der Waals surface area (Å²) >= 11 is 0. The van der Waals surface area contributed by atoms with Gasteiger partial charge in [0.05, 0.1) is 27.4 Å². The van der Waals surface area contributed by atoms with Gasteiger partial charge in [0, 0.05) is 13.8 Å². The second-order valence-electron chi connectivity index (χ2n) is 7.26. The molecule has 0 radical (unpaired) electrons. The number of nitrogens with zero attached hydrogens (tertiary/aromatic N) is 1. The minimum absolute atomic E-state index is 0.223. The topological polar surface area (TPSA) is 101 Å². The summed E-state index contributed by atoms with van der Waals surface area (Å²) in [7, 11) is 0. The van der Waals surface area contributed by atoms with Crippen molar-refractivity contribution < 1.29 is 14.5 Å². The van der Waals surface area contributed by atoms with E-state index < -0.39 is 4.92 Å². The zero-order valence-electron chi connectivity index (χ0n) is 18.2. The largest absolute Gasteiger partial charge is 0.325 e. The number of rotatable bonds is 7. The first-order valence-electron chi connectivity index (χ1n) is 10.2. The molecule has 0 saturated heterocycles. The highest BCUT2D eigenvalue weighted by Gasteiger charge is 2.25. The quantitative estimate of drug-likeness (QED) is 0.273. The van der Waals surface area contributed by atoms with Gasteiger partial charge in [0.25, 0.3) is 5.69 Å². The van der Waals surface area contributed by atoms with Crippen molar-refractivity contribution in [1.29, 1.82) is 0 Å². The molecule has 0 unspecified atom stereocenters. The van der Waals surface area contributed by atoms with Crippen molar-refractivity contribution in [2.24, 2.45) is 0 Å². The number of amides is 2. The van der Waals surface area contributed by atoms with Crippen molar-refractivity contribution in [3.8, 4) is 0 Å². The maximum atomic E-state index is 12.3. The molecule has 0 atom stereocenters. The van der Waals surface area contributed by atoms with E-state index in [1.54, 1.807) is 24.3 Å². The highest BCUT2D eigenvalue weighted by Crippen LogP contribution is 2.39. The Morgan fingerprint density at radius 2 is 1.12 bits per heavy atom. The molecular weight excluding hydrogens is 418 g/mol. The van der Waals surface area contributed by atoms with Crippen LogP contribution in [0, 0.1) is 10.1 Å². The Bertz CT molecular complexity index is 1150. The van der Waals surface area contributed by atoms with Crippen LogP contribution in [0.5, 0.6) is 0 Å². The summed E-state index contributed by atoms with van der Waals surface area (Å²) in [6.45, 7) is 2.63. The Kier molecular flexibility index (Phi) is 7.49. The SMILES string of the molecule is CC(=O)Nc1cc(NC(C)=O)c(C=Cc2ccccc2)c([N+](=O)[O-])c1C=Cc1ccccc1. The van der Waals surface area contributed by atoms with E-state index in [0.717, 1.165) is 11.1 Å². The van der Waals surface area contributed by atoms with Crippen LogP contribution in [0.1, 0.15) is 36.1 Å². The van der Waals surface area contributed by atoms with Gasteiger partial charge in [0.1, 0.15) is 0 Å². The fourth-order valence-corrected chi connectivity index (χ4v) is 3.31. The molecule has 33 heavy (non-hydrogen) atoms. The molecule has 0 saturated carbocycles. The number of hydrogen-bond acceptors (Lipinski definition) is 4. The van der Waals surface area contributed by atoms with Crippen LogP contribution in [-0.4, -0.2) is 16.7 Å². The van der Waals surface area contributed by atoms with Crippen LogP contribution >= 0.6 is 0 Å². The molecule has 0 aliphatic heterocycles.